The second-order valence-electron chi connectivity index (χ2n) is 5.52. The zero-order valence-corrected chi connectivity index (χ0v) is 13.7. The van der Waals surface area contributed by atoms with E-state index in [4.69, 9.17) is 5.11 Å². The van der Waals surface area contributed by atoms with Crippen LogP contribution in [-0.2, 0) is 10.5 Å². The van der Waals surface area contributed by atoms with Crippen LogP contribution in [0.3, 0.4) is 0 Å². The number of likely N-dealkylation sites (tertiary alicyclic amines) is 1. The lowest BCUT2D eigenvalue weighted by Crippen LogP contribution is -2.35. The number of para-hydroxylation sites is 1. The van der Waals surface area contributed by atoms with Crippen molar-refractivity contribution in [3.8, 4) is 0 Å². The number of carbonyl (C=O) groups is 2. The van der Waals surface area contributed by atoms with Gasteiger partial charge >= 0.3 is 18.2 Å². The number of rotatable bonds is 4. The molecular formula is C15H17F3N2O3S. The molecule has 0 aliphatic carbocycles. The molecule has 1 aromatic rings. The highest BCUT2D eigenvalue weighted by atomic mass is 32.2. The number of anilines is 1. The Morgan fingerprint density at radius 1 is 1.33 bits per heavy atom. The van der Waals surface area contributed by atoms with Gasteiger partial charge in [0.25, 0.3) is 0 Å². The van der Waals surface area contributed by atoms with Crippen LogP contribution in [0.2, 0.25) is 0 Å². The molecule has 1 aromatic carbocycles. The van der Waals surface area contributed by atoms with Gasteiger partial charge in [-0.3, -0.25) is 4.79 Å². The fourth-order valence-electron chi connectivity index (χ4n) is 2.67. The third kappa shape index (κ3) is 4.14. The van der Waals surface area contributed by atoms with Crippen molar-refractivity contribution in [2.45, 2.75) is 11.9 Å². The van der Waals surface area contributed by atoms with E-state index in [1.54, 1.807) is 30.0 Å². The summed E-state index contributed by atoms with van der Waals surface area (Å²) in [5, 5.41) is 11.6. The van der Waals surface area contributed by atoms with Crippen LogP contribution in [0, 0.1) is 11.8 Å². The van der Waals surface area contributed by atoms with Crippen LogP contribution in [-0.4, -0.2) is 47.5 Å². The lowest BCUT2D eigenvalue weighted by Gasteiger charge is -2.19. The number of carboxylic acid groups (broad SMARTS) is 1. The Labute approximate surface area is 141 Å². The maximum Gasteiger partial charge on any atom is 0.394 e. The van der Waals surface area contributed by atoms with Crippen LogP contribution in [0.4, 0.5) is 23.7 Å². The molecule has 1 aliphatic heterocycles. The Hall–Kier alpha value is -1.90. The van der Waals surface area contributed by atoms with Crippen LogP contribution in [0.1, 0.15) is 5.56 Å². The Kier molecular flexibility index (Phi) is 5.63. The molecule has 2 atom stereocenters. The molecule has 1 aliphatic rings. The summed E-state index contributed by atoms with van der Waals surface area (Å²) in [5.41, 5.74) is 1.36. The normalized spacial score (nSPS) is 20.9. The number of nitrogens with one attached hydrogen (secondary N) is 1. The number of alkyl halides is 3. The summed E-state index contributed by atoms with van der Waals surface area (Å²) in [5.74, 6) is -4.60. The number of carbonyl (C=O) groups excluding carboxylic acids is 1. The summed E-state index contributed by atoms with van der Waals surface area (Å²) in [7, 11) is 0. The molecule has 1 fully saturated rings. The fourth-order valence-corrected chi connectivity index (χ4v) is 3.23. The highest BCUT2D eigenvalue weighted by Gasteiger charge is 2.53. The first-order valence-electron chi connectivity index (χ1n) is 7.16. The van der Waals surface area contributed by atoms with Crippen molar-refractivity contribution in [2.75, 3.05) is 24.7 Å². The highest BCUT2D eigenvalue weighted by molar-refractivity contribution is 7.97. The molecule has 1 heterocycles. The van der Waals surface area contributed by atoms with Crippen molar-refractivity contribution in [2.24, 2.45) is 11.8 Å². The minimum atomic E-state index is -4.66. The number of hydrogen-bond acceptors (Lipinski definition) is 3. The molecule has 0 saturated carbocycles. The topological polar surface area (TPSA) is 69.6 Å². The van der Waals surface area contributed by atoms with E-state index < -0.39 is 43.1 Å². The van der Waals surface area contributed by atoms with E-state index in [-0.39, 0.29) is 0 Å². The first-order chi connectivity index (χ1) is 11.2. The first-order valence-corrected chi connectivity index (χ1v) is 8.55. The van der Waals surface area contributed by atoms with Gasteiger partial charge in [-0.05, 0) is 17.9 Å². The van der Waals surface area contributed by atoms with E-state index in [1.807, 2.05) is 12.3 Å². The lowest BCUT2D eigenvalue weighted by atomic mass is 9.96. The maximum atomic E-state index is 13.0. The molecule has 132 valence electrons. The lowest BCUT2D eigenvalue weighted by molar-refractivity contribution is -0.187. The third-order valence-corrected chi connectivity index (χ3v) is 4.50. The van der Waals surface area contributed by atoms with Gasteiger partial charge in [0, 0.05) is 24.5 Å². The van der Waals surface area contributed by atoms with Crippen molar-refractivity contribution in [3.05, 3.63) is 29.8 Å². The van der Waals surface area contributed by atoms with Gasteiger partial charge in [-0.1, -0.05) is 18.2 Å². The largest absolute Gasteiger partial charge is 0.481 e. The molecule has 0 unspecified atom stereocenters. The maximum absolute atomic E-state index is 13.0. The van der Waals surface area contributed by atoms with Gasteiger partial charge in [0.1, 0.15) is 0 Å². The molecule has 2 rings (SSSR count). The van der Waals surface area contributed by atoms with Crippen LogP contribution in [0.5, 0.6) is 0 Å². The second kappa shape index (κ2) is 7.33. The van der Waals surface area contributed by atoms with Crippen molar-refractivity contribution in [1.29, 1.82) is 0 Å². The highest BCUT2D eigenvalue weighted by Crippen LogP contribution is 2.38. The van der Waals surface area contributed by atoms with E-state index in [0.29, 0.717) is 11.4 Å². The quantitative estimate of drug-likeness (QED) is 0.863. The summed E-state index contributed by atoms with van der Waals surface area (Å²) in [6, 6.07) is 6.27. The molecule has 0 spiro atoms. The number of benzene rings is 1. The number of nitrogens with zero attached hydrogens (tertiary/aromatic N) is 1. The number of carboxylic acids is 1. The number of halogens is 3. The Morgan fingerprint density at radius 2 is 2.00 bits per heavy atom. The molecule has 24 heavy (non-hydrogen) atoms. The van der Waals surface area contributed by atoms with Gasteiger partial charge in [-0.15, -0.1) is 0 Å². The summed E-state index contributed by atoms with van der Waals surface area (Å²) in [6.45, 7) is -1.12. The van der Waals surface area contributed by atoms with E-state index in [0.717, 1.165) is 10.5 Å². The molecule has 2 amide bonds. The second-order valence-corrected chi connectivity index (χ2v) is 6.38. The van der Waals surface area contributed by atoms with Gasteiger partial charge in [0.15, 0.2) is 0 Å². The van der Waals surface area contributed by atoms with Gasteiger partial charge in [0.2, 0.25) is 0 Å². The third-order valence-electron chi connectivity index (χ3n) is 3.90. The van der Waals surface area contributed by atoms with Gasteiger partial charge < -0.3 is 15.3 Å². The fraction of sp³-hybridized carbons (Fsp3) is 0.467. The molecule has 0 bridgehead atoms. The first kappa shape index (κ1) is 18.4. The van der Waals surface area contributed by atoms with Crippen LogP contribution < -0.4 is 5.32 Å². The van der Waals surface area contributed by atoms with Gasteiger partial charge in [-0.2, -0.15) is 24.9 Å². The monoisotopic (exact) mass is 362 g/mol. The Balaban J connectivity index is 2.12. The Bertz CT molecular complexity index is 624. The minimum Gasteiger partial charge on any atom is -0.481 e. The Morgan fingerprint density at radius 3 is 2.54 bits per heavy atom. The average molecular weight is 362 g/mol. The molecule has 2 N–H and O–H groups in total. The van der Waals surface area contributed by atoms with Crippen molar-refractivity contribution in [3.63, 3.8) is 0 Å². The van der Waals surface area contributed by atoms with E-state index in [1.165, 1.54) is 0 Å². The summed E-state index contributed by atoms with van der Waals surface area (Å²) in [6.07, 6.45) is -2.76. The predicted octanol–water partition coefficient (Wildman–Crippen LogP) is 3.28. The number of aliphatic carboxylic acids is 1. The van der Waals surface area contributed by atoms with Gasteiger partial charge in [-0.25, -0.2) is 4.79 Å². The van der Waals surface area contributed by atoms with Crippen LogP contribution in [0.25, 0.3) is 0 Å². The molecule has 0 radical (unpaired) electrons. The van der Waals surface area contributed by atoms with Crippen molar-refractivity contribution in [1.82, 2.24) is 4.90 Å². The van der Waals surface area contributed by atoms with E-state index >= 15 is 0 Å². The molecule has 0 aromatic heterocycles. The minimum absolute atomic E-state index is 0.462. The molecular weight excluding hydrogens is 345 g/mol. The molecule has 1 saturated heterocycles. The molecule has 5 nitrogen and oxygen atoms in total. The number of urea groups is 1. The summed E-state index contributed by atoms with van der Waals surface area (Å²) >= 11 is 1.54. The summed E-state index contributed by atoms with van der Waals surface area (Å²) < 4.78 is 38.9. The average Bonchev–Trinajstić information content (AvgIpc) is 2.95. The number of hydrogen-bond donors (Lipinski definition) is 2. The number of thioether (sulfide) groups is 1. The van der Waals surface area contributed by atoms with Crippen LogP contribution in [0.15, 0.2) is 24.3 Å². The smallest absolute Gasteiger partial charge is 0.394 e. The van der Waals surface area contributed by atoms with Crippen LogP contribution >= 0.6 is 11.8 Å². The summed E-state index contributed by atoms with van der Waals surface area (Å²) in [4.78, 5) is 24.2. The number of amides is 2. The predicted molar refractivity (Wildman–Crippen MR) is 84.9 cm³/mol. The SMILES string of the molecule is CSCc1ccccc1NC(=O)N1C[C@@H](C(F)(F)F)[C@H](C(=O)O)C1. The zero-order chi connectivity index (χ0) is 17.9. The van der Waals surface area contributed by atoms with Crippen molar-refractivity contribution < 1.29 is 27.9 Å². The van der Waals surface area contributed by atoms with E-state index in [2.05, 4.69) is 5.32 Å². The van der Waals surface area contributed by atoms with E-state index in [9.17, 15) is 22.8 Å². The van der Waals surface area contributed by atoms with Gasteiger partial charge in [0.05, 0.1) is 11.8 Å². The van der Waals surface area contributed by atoms with Crippen molar-refractivity contribution >= 4 is 29.4 Å². The standard InChI is InChI=1S/C15H17F3N2O3S/c1-24-8-9-4-2-3-5-12(9)19-14(23)20-6-10(13(21)22)11(7-20)15(16,17)18/h2-5,10-11H,6-8H2,1H3,(H,19,23)(H,21,22)/t10-,11-/m1/s1. The zero-order valence-electron chi connectivity index (χ0n) is 12.8. The molecule has 9 heteroatoms.